The molecule has 3 aromatic rings. The van der Waals surface area contributed by atoms with Gasteiger partial charge in [-0.3, -0.25) is 4.79 Å². The molecule has 3 rings (SSSR count). The van der Waals surface area contributed by atoms with Crippen LogP contribution in [0, 0.1) is 0 Å². The van der Waals surface area contributed by atoms with Crippen LogP contribution < -0.4 is 5.56 Å². The van der Waals surface area contributed by atoms with Crippen molar-refractivity contribution in [1.29, 1.82) is 0 Å². The predicted octanol–water partition coefficient (Wildman–Crippen LogP) is 1.33. The smallest absolute Gasteiger partial charge is 0.292 e. The van der Waals surface area contributed by atoms with E-state index < -0.39 is 5.56 Å². The number of aromatic hydroxyl groups is 1. The van der Waals surface area contributed by atoms with Crippen LogP contribution in [0.25, 0.3) is 11.0 Å². The lowest BCUT2D eigenvalue weighted by Crippen LogP contribution is -2.23. The molecule has 0 spiro atoms. The minimum absolute atomic E-state index is 0.0145. The molecule has 2 aromatic heterocycles. The molecule has 0 bridgehead atoms. The summed E-state index contributed by atoms with van der Waals surface area (Å²) in [6, 6.07) is 9.22. The maximum absolute atomic E-state index is 12.1. The largest absolute Gasteiger partial charge is 0.507 e. The van der Waals surface area contributed by atoms with Gasteiger partial charge < -0.3 is 10.3 Å². The van der Waals surface area contributed by atoms with Crippen molar-refractivity contribution in [2.24, 2.45) is 0 Å². The Bertz CT molecular complexity index is 828. The van der Waals surface area contributed by atoms with Crippen LogP contribution in [0.2, 0.25) is 0 Å². The van der Waals surface area contributed by atoms with Crippen LogP contribution >= 0.6 is 0 Å². The number of fused-ring (bicyclic) bond motifs is 1. The molecular weight excluding hydrogens is 258 g/mol. The van der Waals surface area contributed by atoms with Crippen molar-refractivity contribution in [3.63, 3.8) is 0 Å². The molecule has 20 heavy (non-hydrogen) atoms. The normalized spacial score (nSPS) is 10.8. The second-order valence-electron chi connectivity index (χ2n) is 4.37. The van der Waals surface area contributed by atoms with Gasteiger partial charge in [-0.15, -0.1) is 4.73 Å². The van der Waals surface area contributed by atoms with Gasteiger partial charge in [0.1, 0.15) is 12.1 Å². The number of hydrogen-bond donors (Lipinski definition) is 2. The van der Waals surface area contributed by atoms with Crippen LogP contribution in [0.4, 0.5) is 0 Å². The van der Waals surface area contributed by atoms with Gasteiger partial charge in [0.05, 0.1) is 10.9 Å². The van der Waals surface area contributed by atoms with Crippen LogP contribution in [0.3, 0.4) is 0 Å². The second kappa shape index (κ2) is 4.65. The van der Waals surface area contributed by atoms with Crippen molar-refractivity contribution >= 4 is 11.0 Å². The van der Waals surface area contributed by atoms with Crippen LogP contribution in [0.15, 0.2) is 47.7 Å². The molecule has 0 fully saturated rings. The number of rotatable bonds is 2. The van der Waals surface area contributed by atoms with Gasteiger partial charge in [-0.1, -0.05) is 30.3 Å². The molecule has 100 valence electrons. The summed E-state index contributed by atoms with van der Waals surface area (Å²) in [5, 5.41) is 20.3. The van der Waals surface area contributed by atoms with Gasteiger partial charge in [-0.05, 0) is 5.56 Å². The zero-order valence-electron chi connectivity index (χ0n) is 10.4. The summed E-state index contributed by atoms with van der Waals surface area (Å²) in [4.78, 5) is 19.7. The Labute approximate surface area is 113 Å². The number of pyridine rings is 1. The predicted molar refractivity (Wildman–Crippen MR) is 71.9 cm³/mol. The number of hydrogen-bond acceptors (Lipinski definition) is 5. The number of aromatic nitrogens is 3. The van der Waals surface area contributed by atoms with E-state index in [0.29, 0.717) is 4.73 Å². The highest BCUT2D eigenvalue weighted by Crippen LogP contribution is 2.25. The SMILES string of the molecule is O=c1c(Cc2ccccc2)c(O)c2cncnc2n1O. The first-order chi connectivity index (χ1) is 9.68. The third-order valence-corrected chi connectivity index (χ3v) is 3.11. The first kappa shape index (κ1) is 12.2. The molecule has 0 saturated carbocycles. The third-order valence-electron chi connectivity index (χ3n) is 3.11. The van der Waals surface area contributed by atoms with Crippen molar-refractivity contribution in [2.75, 3.05) is 0 Å². The first-order valence-electron chi connectivity index (χ1n) is 5.98. The van der Waals surface area contributed by atoms with E-state index in [2.05, 4.69) is 9.97 Å². The van der Waals surface area contributed by atoms with E-state index in [-0.39, 0.29) is 28.8 Å². The monoisotopic (exact) mass is 269 g/mol. The van der Waals surface area contributed by atoms with Crippen LogP contribution in [-0.4, -0.2) is 25.0 Å². The lowest BCUT2D eigenvalue weighted by Gasteiger charge is -2.09. The number of nitrogens with zero attached hydrogens (tertiary/aromatic N) is 3. The zero-order valence-corrected chi connectivity index (χ0v) is 10.4. The molecule has 6 heteroatoms. The molecule has 0 amide bonds. The fourth-order valence-electron chi connectivity index (χ4n) is 2.11. The average Bonchev–Trinajstić information content (AvgIpc) is 2.50. The molecule has 0 unspecified atom stereocenters. The minimum atomic E-state index is -0.683. The molecule has 1 aromatic carbocycles. The second-order valence-corrected chi connectivity index (χ2v) is 4.37. The van der Waals surface area contributed by atoms with Gasteiger partial charge in [0, 0.05) is 12.6 Å². The molecule has 0 aliphatic carbocycles. The molecule has 0 saturated heterocycles. The van der Waals surface area contributed by atoms with E-state index in [0.717, 1.165) is 5.56 Å². The summed E-state index contributed by atoms with van der Waals surface area (Å²) in [7, 11) is 0. The van der Waals surface area contributed by atoms with Crippen molar-refractivity contribution in [1.82, 2.24) is 14.7 Å². The van der Waals surface area contributed by atoms with Crippen molar-refractivity contribution < 1.29 is 10.3 Å². The summed E-state index contributed by atoms with van der Waals surface area (Å²) in [5.41, 5.74) is 0.272. The maximum atomic E-state index is 12.1. The van der Waals surface area contributed by atoms with E-state index in [1.807, 2.05) is 30.3 Å². The lowest BCUT2D eigenvalue weighted by molar-refractivity contribution is 0.185. The molecular formula is C14H11N3O3. The van der Waals surface area contributed by atoms with Crippen molar-refractivity contribution in [2.45, 2.75) is 6.42 Å². The Kier molecular flexibility index (Phi) is 2.83. The zero-order chi connectivity index (χ0) is 14.1. The van der Waals surface area contributed by atoms with E-state index >= 15 is 0 Å². The van der Waals surface area contributed by atoms with Gasteiger partial charge in [-0.2, -0.15) is 0 Å². The maximum Gasteiger partial charge on any atom is 0.292 e. The Morgan fingerprint density at radius 3 is 2.70 bits per heavy atom. The van der Waals surface area contributed by atoms with Gasteiger partial charge in [0.15, 0.2) is 5.65 Å². The summed E-state index contributed by atoms with van der Waals surface area (Å²) in [6.07, 6.45) is 2.78. The molecule has 0 radical (unpaired) electrons. The summed E-state index contributed by atoms with van der Waals surface area (Å²) in [5.74, 6) is -0.195. The highest BCUT2D eigenvalue weighted by Gasteiger charge is 2.17. The van der Waals surface area contributed by atoms with Crippen LogP contribution in [0.5, 0.6) is 5.75 Å². The standard InChI is InChI=1S/C14H11N3O3/c18-12-10(6-9-4-2-1-3-5-9)14(19)17(20)13-11(12)7-15-8-16-13/h1-5,7-8,18,20H,6H2. The quantitative estimate of drug-likeness (QED) is 0.685. The summed E-state index contributed by atoms with van der Waals surface area (Å²) in [6.45, 7) is 0. The number of benzene rings is 1. The lowest BCUT2D eigenvalue weighted by atomic mass is 10.0. The summed E-state index contributed by atoms with van der Waals surface area (Å²) < 4.78 is 0.439. The Hall–Kier alpha value is -2.89. The van der Waals surface area contributed by atoms with Crippen molar-refractivity contribution in [3.05, 3.63) is 64.3 Å². The molecule has 0 aliphatic heterocycles. The molecule has 2 heterocycles. The van der Waals surface area contributed by atoms with E-state index in [1.54, 1.807) is 0 Å². The highest BCUT2D eigenvalue weighted by molar-refractivity contribution is 5.82. The highest BCUT2D eigenvalue weighted by atomic mass is 16.5. The van der Waals surface area contributed by atoms with Gasteiger partial charge in [0.2, 0.25) is 0 Å². The Morgan fingerprint density at radius 1 is 1.20 bits per heavy atom. The fraction of sp³-hybridized carbons (Fsp3) is 0.0714. The topological polar surface area (TPSA) is 88.2 Å². The van der Waals surface area contributed by atoms with E-state index in [1.165, 1.54) is 12.5 Å². The van der Waals surface area contributed by atoms with Gasteiger partial charge >= 0.3 is 0 Å². The first-order valence-corrected chi connectivity index (χ1v) is 5.98. The van der Waals surface area contributed by atoms with Gasteiger partial charge in [0.25, 0.3) is 5.56 Å². The van der Waals surface area contributed by atoms with E-state index in [4.69, 9.17) is 0 Å². The van der Waals surface area contributed by atoms with Gasteiger partial charge in [-0.25, -0.2) is 9.97 Å². The molecule has 0 aliphatic rings. The Balaban J connectivity index is 2.23. The Morgan fingerprint density at radius 2 is 1.95 bits per heavy atom. The van der Waals surface area contributed by atoms with Crippen LogP contribution in [0.1, 0.15) is 11.1 Å². The third kappa shape index (κ3) is 1.87. The minimum Gasteiger partial charge on any atom is -0.507 e. The van der Waals surface area contributed by atoms with Crippen LogP contribution in [-0.2, 0) is 6.42 Å². The molecule has 6 nitrogen and oxygen atoms in total. The van der Waals surface area contributed by atoms with Crippen molar-refractivity contribution in [3.8, 4) is 5.75 Å². The average molecular weight is 269 g/mol. The fourth-order valence-corrected chi connectivity index (χ4v) is 2.11. The van der Waals surface area contributed by atoms with E-state index in [9.17, 15) is 15.1 Å². The summed E-state index contributed by atoms with van der Waals surface area (Å²) >= 11 is 0. The molecule has 2 N–H and O–H groups in total. The molecule has 0 atom stereocenters.